The van der Waals surface area contributed by atoms with Crippen LogP contribution in [0.25, 0.3) is 16.9 Å². The van der Waals surface area contributed by atoms with E-state index in [2.05, 4.69) is 5.10 Å². The van der Waals surface area contributed by atoms with E-state index >= 15 is 0 Å². The van der Waals surface area contributed by atoms with Crippen molar-refractivity contribution in [3.8, 4) is 16.9 Å². The summed E-state index contributed by atoms with van der Waals surface area (Å²) in [5, 5.41) is 4.52. The number of hydrogen-bond acceptors (Lipinski definition) is 4. The van der Waals surface area contributed by atoms with E-state index in [1.807, 2.05) is 48.5 Å². The molecular formula is C24H16F2N2O3. The van der Waals surface area contributed by atoms with Crippen LogP contribution in [0, 0.1) is 11.6 Å². The molecule has 0 saturated carbocycles. The highest BCUT2D eigenvalue weighted by Crippen LogP contribution is 2.24. The van der Waals surface area contributed by atoms with Crippen molar-refractivity contribution in [3.05, 3.63) is 108 Å². The third kappa shape index (κ3) is 4.40. The van der Waals surface area contributed by atoms with E-state index in [-0.39, 0.29) is 11.1 Å². The second kappa shape index (κ2) is 8.71. The number of aromatic nitrogens is 2. The lowest BCUT2D eigenvalue weighted by molar-refractivity contribution is 0.0475. The lowest BCUT2D eigenvalue weighted by Crippen LogP contribution is -2.15. The van der Waals surface area contributed by atoms with Crippen LogP contribution in [0.1, 0.15) is 20.7 Å². The van der Waals surface area contributed by atoms with Crippen LogP contribution in [0.3, 0.4) is 0 Å². The van der Waals surface area contributed by atoms with Crippen LogP contribution in [0.15, 0.2) is 85.1 Å². The molecule has 0 aliphatic rings. The van der Waals surface area contributed by atoms with Gasteiger partial charge in [0.2, 0.25) is 0 Å². The van der Waals surface area contributed by atoms with Crippen molar-refractivity contribution in [2.75, 3.05) is 6.61 Å². The molecule has 1 heterocycles. The molecule has 0 radical (unpaired) electrons. The van der Waals surface area contributed by atoms with Crippen LogP contribution in [0.5, 0.6) is 0 Å². The van der Waals surface area contributed by atoms with Crippen molar-refractivity contribution in [1.29, 1.82) is 0 Å². The molecule has 1 aromatic heterocycles. The monoisotopic (exact) mass is 418 g/mol. The zero-order valence-corrected chi connectivity index (χ0v) is 16.2. The molecule has 0 aliphatic heterocycles. The first kappa shape index (κ1) is 20.2. The number of hydrogen-bond donors (Lipinski definition) is 0. The van der Waals surface area contributed by atoms with E-state index in [1.54, 1.807) is 16.8 Å². The Kier molecular flexibility index (Phi) is 5.66. The van der Waals surface area contributed by atoms with Crippen molar-refractivity contribution in [2.24, 2.45) is 0 Å². The summed E-state index contributed by atoms with van der Waals surface area (Å²) in [4.78, 5) is 25.0. The number of rotatable bonds is 6. The Balaban J connectivity index is 1.60. The van der Waals surface area contributed by atoms with Crippen molar-refractivity contribution >= 4 is 11.8 Å². The number of ether oxygens (including phenoxy) is 1. The van der Waals surface area contributed by atoms with Gasteiger partial charge in [0.15, 0.2) is 24.0 Å². The smallest absolute Gasteiger partial charge is 0.342 e. The molecule has 0 N–H and O–H groups in total. The zero-order chi connectivity index (χ0) is 21.8. The largest absolute Gasteiger partial charge is 0.454 e. The van der Waals surface area contributed by atoms with Crippen molar-refractivity contribution < 1.29 is 23.1 Å². The van der Waals surface area contributed by atoms with Gasteiger partial charge in [-0.3, -0.25) is 4.79 Å². The molecule has 0 aliphatic carbocycles. The molecule has 0 fully saturated rings. The van der Waals surface area contributed by atoms with Gasteiger partial charge in [0.1, 0.15) is 11.3 Å². The first-order valence-corrected chi connectivity index (χ1v) is 9.39. The summed E-state index contributed by atoms with van der Waals surface area (Å²) in [5.74, 6) is -3.61. The van der Waals surface area contributed by atoms with E-state index < -0.39 is 30.0 Å². The third-order valence-electron chi connectivity index (χ3n) is 4.58. The van der Waals surface area contributed by atoms with Gasteiger partial charge in [0.05, 0.1) is 5.69 Å². The van der Waals surface area contributed by atoms with Crippen molar-refractivity contribution in [1.82, 2.24) is 9.78 Å². The Morgan fingerprint density at radius 2 is 1.55 bits per heavy atom. The second-order valence-electron chi connectivity index (χ2n) is 6.67. The summed E-state index contributed by atoms with van der Waals surface area (Å²) in [6, 6.07) is 21.1. The van der Waals surface area contributed by atoms with E-state index in [0.29, 0.717) is 11.3 Å². The topological polar surface area (TPSA) is 61.2 Å². The third-order valence-corrected chi connectivity index (χ3v) is 4.58. The van der Waals surface area contributed by atoms with Crippen LogP contribution in [0.2, 0.25) is 0 Å². The molecular weight excluding hydrogens is 402 g/mol. The van der Waals surface area contributed by atoms with Gasteiger partial charge < -0.3 is 4.74 Å². The van der Waals surface area contributed by atoms with Gasteiger partial charge in [-0.1, -0.05) is 48.5 Å². The van der Waals surface area contributed by atoms with Gasteiger partial charge in [-0.2, -0.15) is 5.10 Å². The molecule has 0 amide bonds. The van der Waals surface area contributed by atoms with Crippen LogP contribution in [-0.4, -0.2) is 28.1 Å². The Morgan fingerprint density at radius 3 is 2.23 bits per heavy atom. The summed E-state index contributed by atoms with van der Waals surface area (Å²) in [5.41, 5.74) is 1.94. The molecule has 4 rings (SSSR count). The van der Waals surface area contributed by atoms with E-state index in [1.165, 1.54) is 6.20 Å². The summed E-state index contributed by atoms with van der Waals surface area (Å²) in [6.07, 6.45) is 1.53. The van der Waals surface area contributed by atoms with Crippen LogP contribution in [-0.2, 0) is 4.74 Å². The fraction of sp³-hybridized carbons (Fsp3) is 0.0417. The van der Waals surface area contributed by atoms with Crippen LogP contribution in [0.4, 0.5) is 8.78 Å². The predicted octanol–water partition coefficient (Wildman–Crippen LogP) is 4.86. The lowest BCUT2D eigenvalue weighted by atomic mass is 10.1. The van der Waals surface area contributed by atoms with Gasteiger partial charge >= 0.3 is 5.97 Å². The Labute approximate surface area is 176 Å². The minimum absolute atomic E-state index is 0.0880. The number of esters is 1. The normalized spacial score (nSPS) is 10.6. The molecule has 0 saturated heterocycles. The number of para-hydroxylation sites is 1. The van der Waals surface area contributed by atoms with Gasteiger partial charge in [0.25, 0.3) is 0 Å². The minimum atomic E-state index is -1.15. The maximum atomic E-state index is 13.4. The average molecular weight is 418 g/mol. The molecule has 0 unspecified atom stereocenters. The minimum Gasteiger partial charge on any atom is -0.454 e. The average Bonchev–Trinajstić information content (AvgIpc) is 3.26. The fourth-order valence-electron chi connectivity index (χ4n) is 3.01. The maximum absolute atomic E-state index is 13.4. The number of carbonyl (C=O) groups excluding carboxylic acids is 2. The van der Waals surface area contributed by atoms with Gasteiger partial charge in [0, 0.05) is 17.3 Å². The molecule has 0 bridgehead atoms. The van der Waals surface area contributed by atoms with Gasteiger partial charge in [-0.05, 0) is 30.3 Å². The lowest BCUT2D eigenvalue weighted by Gasteiger charge is -2.05. The summed E-state index contributed by atoms with van der Waals surface area (Å²) < 4.78 is 33.1. The Morgan fingerprint density at radius 1 is 0.871 bits per heavy atom. The van der Waals surface area contributed by atoms with E-state index in [0.717, 1.165) is 23.9 Å². The number of ketones is 1. The molecule has 154 valence electrons. The molecule has 0 atom stereocenters. The fourth-order valence-corrected chi connectivity index (χ4v) is 3.01. The Hall–Kier alpha value is -4.13. The number of benzene rings is 3. The van der Waals surface area contributed by atoms with Crippen LogP contribution >= 0.6 is 0 Å². The molecule has 5 nitrogen and oxygen atoms in total. The second-order valence-corrected chi connectivity index (χ2v) is 6.67. The molecule has 7 heteroatoms. The number of halogens is 2. The predicted molar refractivity (Wildman–Crippen MR) is 110 cm³/mol. The molecule has 4 aromatic rings. The molecule has 31 heavy (non-hydrogen) atoms. The maximum Gasteiger partial charge on any atom is 0.342 e. The molecule has 0 spiro atoms. The van der Waals surface area contributed by atoms with Crippen molar-refractivity contribution in [2.45, 2.75) is 0 Å². The number of Topliss-reactive ketones (excluding diaryl/α,β-unsaturated/α-hetero) is 1. The van der Waals surface area contributed by atoms with Crippen molar-refractivity contribution in [3.63, 3.8) is 0 Å². The first-order chi connectivity index (χ1) is 15.0. The highest BCUT2D eigenvalue weighted by molar-refractivity contribution is 6.01. The standard InChI is InChI=1S/C24H16F2N2O3/c25-20-12-11-17(13-21(20)26)22(29)15-31-24(30)19-14-28(18-9-5-2-6-10-18)27-23(19)16-7-3-1-4-8-16/h1-14H,15H2. The first-order valence-electron chi connectivity index (χ1n) is 9.39. The SMILES string of the molecule is O=C(COC(=O)c1cn(-c2ccccc2)nc1-c1ccccc1)c1ccc(F)c(F)c1. The summed E-state index contributed by atoms with van der Waals surface area (Å²) in [7, 11) is 0. The Bertz CT molecular complexity index is 1240. The molecule has 3 aromatic carbocycles. The highest BCUT2D eigenvalue weighted by atomic mass is 19.2. The zero-order valence-electron chi connectivity index (χ0n) is 16.2. The number of carbonyl (C=O) groups is 2. The van der Waals surface area contributed by atoms with E-state index in [9.17, 15) is 18.4 Å². The quantitative estimate of drug-likeness (QED) is 0.332. The highest BCUT2D eigenvalue weighted by Gasteiger charge is 2.21. The number of nitrogens with zero attached hydrogens (tertiary/aromatic N) is 2. The summed E-state index contributed by atoms with van der Waals surface area (Å²) in [6.45, 7) is -0.616. The van der Waals surface area contributed by atoms with Gasteiger partial charge in [-0.15, -0.1) is 0 Å². The van der Waals surface area contributed by atoms with Crippen LogP contribution < -0.4 is 0 Å². The van der Waals surface area contributed by atoms with E-state index in [4.69, 9.17) is 4.74 Å². The summed E-state index contributed by atoms with van der Waals surface area (Å²) >= 11 is 0. The van der Waals surface area contributed by atoms with Gasteiger partial charge in [-0.25, -0.2) is 18.3 Å².